The van der Waals surface area contributed by atoms with Gasteiger partial charge < -0.3 is 16.0 Å². The fraction of sp³-hybridized carbons (Fsp3) is 0.190. The Bertz CT molecular complexity index is 947. The van der Waals surface area contributed by atoms with Gasteiger partial charge in [-0.1, -0.05) is 18.2 Å². The molecule has 0 saturated heterocycles. The van der Waals surface area contributed by atoms with Crippen LogP contribution in [0.3, 0.4) is 0 Å². The van der Waals surface area contributed by atoms with Gasteiger partial charge in [-0.2, -0.15) is 0 Å². The van der Waals surface area contributed by atoms with Gasteiger partial charge in [-0.3, -0.25) is 4.79 Å². The maximum atomic E-state index is 11.1. The van der Waals surface area contributed by atoms with Gasteiger partial charge in [-0.05, 0) is 56.2 Å². The zero-order valence-corrected chi connectivity index (χ0v) is 15.9. The number of nitrogens with zero attached hydrogens (tertiary/aromatic N) is 2. The van der Waals surface area contributed by atoms with Crippen LogP contribution in [0.4, 0.5) is 28.7 Å². The summed E-state index contributed by atoms with van der Waals surface area (Å²) in [6.07, 6.45) is 0. The molecule has 138 valence electrons. The summed E-state index contributed by atoms with van der Waals surface area (Å²) >= 11 is 0. The average molecular weight is 361 g/mol. The largest absolute Gasteiger partial charge is 0.340 e. The number of para-hydroxylation sites is 1. The van der Waals surface area contributed by atoms with Crippen molar-refractivity contribution in [1.29, 1.82) is 0 Å². The molecule has 0 radical (unpaired) electrons. The minimum absolute atomic E-state index is 0.0932. The molecule has 1 heterocycles. The Morgan fingerprint density at radius 1 is 0.815 bits per heavy atom. The molecule has 0 bridgehead atoms. The number of hydrogen-bond acceptors (Lipinski definition) is 5. The first-order chi connectivity index (χ1) is 12.9. The molecule has 1 amide bonds. The Labute approximate surface area is 159 Å². The maximum absolute atomic E-state index is 11.1. The van der Waals surface area contributed by atoms with E-state index in [-0.39, 0.29) is 5.91 Å². The van der Waals surface area contributed by atoms with E-state index in [0.29, 0.717) is 11.6 Å². The normalized spacial score (nSPS) is 10.4. The minimum Gasteiger partial charge on any atom is -0.340 e. The molecule has 0 spiro atoms. The second-order valence-electron chi connectivity index (χ2n) is 6.46. The monoisotopic (exact) mass is 361 g/mol. The number of benzene rings is 2. The van der Waals surface area contributed by atoms with Crippen LogP contribution in [0.2, 0.25) is 0 Å². The van der Waals surface area contributed by atoms with Crippen molar-refractivity contribution in [3.8, 4) is 0 Å². The third-order valence-electron chi connectivity index (χ3n) is 4.05. The molecule has 3 aromatic rings. The fourth-order valence-corrected chi connectivity index (χ4v) is 2.82. The zero-order valence-electron chi connectivity index (χ0n) is 15.9. The van der Waals surface area contributed by atoms with Crippen molar-refractivity contribution >= 4 is 34.6 Å². The van der Waals surface area contributed by atoms with Crippen LogP contribution in [0, 0.1) is 20.8 Å². The Balaban J connectivity index is 1.80. The number of amides is 1. The van der Waals surface area contributed by atoms with Gasteiger partial charge >= 0.3 is 0 Å². The van der Waals surface area contributed by atoms with Crippen LogP contribution in [0.15, 0.2) is 48.5 Å². The summed E-state index contributed by atoms with van der Waals surface area (Å²) in [6, 6.07) is 15.5. The molecule has 0 aliphatic heterocycles. The van der Waals surface area contributed by atoms with E-state index in [9.17, 15) is 4.79 Å². The van der Waals surface area contributed by atoms with E-state index in [2.05, 4.69) is 51.9 Å². The molecular formula is C21H23N5O. The first kappa shape index (κ1) is 18.4. The quantitative estimate of drug-likeness (QED) is 0.605. The van der Waals surface area contributed by atoms with Crippen molar-refractivity contribution < 1.29 is 4.79 Å². The van der Waals surface area contributed by atoms with Crippen molar-refractivity contribution in [2.75, 3.05) is 16.0 Å². The van der Waals surface area contributed by atoms with Crippen LogP contribution in [-0.4, -0.2) is 15.9 Å². The molecule has 0 fully saturated rings. The van der Waals surface area contributed by atoms with Crippen LogP contribution in [0.25, 0.3) is 0 Å². The van der Waals surface area contributed by atoms with Crippen molar-refractivity contribution in [2.45, 2.75) is 27.7 Å². The molecule has 0 aliphatic carbocycles. The van der Waals surface area contributed by atoms with E-state index in [1.54, 1.807) is 0 Å². The lowest BCUT2D eigenvalue weighted by Gasteiger charge is -2.14. The Hall–Kier alpha value is -3.41. The number of carbonyl (C=O) groups excluding carboxylic acids is 1. The molecular weight excluding hydrogens is 338 g/mol. The lowest BCUT2D eigenvalue weighted by molar-refractivity contribution is -0.114. The number of hydrogen-bond donors (Lipinski definition) is 3. The number of nitrogens with one attached hydrogen (secondary N) is 3. The van der Waals surface area contributed by atoms with Crippen molar-refractivity contribution in [3.05, 3.63) is 65.5 Å². The zero-order chi connectivity index (χ0) is 19.4. The van der Waals surface area contributed by atoms with Gasteiger partial charge in [0.25, 0.3) is 0 Å². The molecule has 3 N–H and O–H groups in total. The molecule has 27 heavy (non-hydrogen) atoms. The molecule has 0 saturated carbocycles. The lowest BCUT2D eigenvalue weighted by atomic mass is 10.1. The summed E-state index contributed by atoms with van der Waals surface area (Å²) in [6.45, 7) is 7.49. The SMILES string of the molecule is CC(=O)Nc1ccc(Nc2cc(Nc3c(C)cccc3C)nc(C)n2)cc1. The molecule has 0 atom stereocenters. The Morgan fingerprint density at radius 2 is 1.37 bits per heavy atom. The molecule has 6 nitrogen and oxygen atoms in total. The maximum Gasteiger partial charge on any atom is 0.221 e. The Kier molecular flexibility index (Phi) is 5.35. The summed E-state index contributed by atoms with van der Waals surface area (Å²) in [4.78, 5) is 20.1. The highest BCUT2D eigenvalue weighted by Crippen LogP contribution is 2.25. The first-order valence-electron chi connectivity index (χ1n) is 8.74. The Morgan fingerprint density at radius 3 is 1.96 bits per heavy atom. The average Bonchev–Trinajstić information content (AvgIpc) is 2.59. The van der Waals surface area contributed by atoms with Crippen LogP contribution >= 0.6 is 0 Å². The summed E-state index contributed by atoms with van der Waals surface area (Å²) in [5, 5.41) is 9.43. The van der Waals surface area contributed by atoms with Gasteiger partial charge in [0.2, 0.25) is 5.91 Å². The summed E-state index contributed by atoms with van der Waals surface area (Å²) in [7, 11) is 0. The smallest absolute Gasteiger partial charge is 0.221 e. The minimum atomic E-state index is -0.0932. The van der Waals surface area contributed by atoms with Crippen LogP contribution in [0.5, 0.6) is 0 Å². The van der Waals surface area contributed by atoms with E-state index < -0.39 is 0 Å². The van der Waals surface area contributed by atoms with E-state index in [1.165, 1.54) is 6.92 Å². The third-order valence-corrected chi connectivity index (χ3v) is 4.05. The van der Waals surface area contributed by atoms with Gasteiger partial charge in [0.05, 0.1) is 0 Å². The summed E-state index contributed by atoms with van der Waals surface area (Å²) < 4.78 is 0. The van der Waals surface area contributed by atoms with E-state index in [1.807, 2.05) is 43.3 Å². The van der Waals surface area contributed by atoms with Crippen LogP contribution in [-0.2, 0) is 4.79 Å². The number of carbonyl (C=O) groups is 1. The predicted molar refractivity (Wildman–Crippen MR) is 110 cm³/mol. The molecule has 0 aliphatic rings. The number of rotatable bonds is 5. The van der Waals surface area contributed by atoms with Crippen molar-refractivity contribution in [2.24, 2.45) is 0 Å². The number of aryl methyl sites for hydroxylation is 3. The van der Waals surface area contributed by atoms with Gasteiger partial charge in [0, 0.05) is 30.1 Å². The van der Waals surface area contributed by atoms with E-state index in [0.717, 1.165) is 34.0 Å². The van der Waals surface area contributed by atoms with E-state index in [4.69, 9.17) is 0 Å². The molecule has 1 aromatic heterocycles. The number of anilines is 5. The molecule has 0 unspecified atom stereocenters. The lowest BCUT2D eigenvalue weighted by Crippen LogP contribution is -2.05. The molecule has 2 aromatic carbocycles. The second kappa shape index (κ2) is 7.86. The van der Waals surface area contributed by atoms with E-state index >= 15 is 0 Å². The summed E-state index contributed by atoms with van der Waals surface area (Å²) in [5.41, 5.74) is 5.01. The van der Waals surface area contributed by atoms with Gasteiger partial charge in [0.1, 0.15) is 17.5 Å². The van der Waals surface area contributed by atoms with Gasteiger partial charge in [-0.25, -0.2) is 9.97 Å². The van der Waals surface area contributed by atoms with Crippen LogP contribution in [0.1, 0.15) is 23.9 Å². The van der Waals surface area contributed by atoms with Crippen molar-refractivity contribution in [3.63, 3.8) is 0 Å². The topological polar surface area (TPSA) is 78.9 Å². The highest BCUT2D eigenvalue weighted by atomic mass is 16.1. The number of aromatic nitrogens is 2. The van der Waals surface area contributed by atoms with Crippen molar-refractivity contribution in [1.82, 2.24) is 9.97 Å². The highest BCUT2D eigenvalue weighted by molar-refractivity contribution is 5.88. The second-order valence-corrected chi connectivity index (χ2v) is 6.46. The molecule has 6 heteroatoms. The fourth-order valence-electron chi connectivity index (χ4n) is 2.82. The van der Waals surface area contributed by atoms with Crippen LogP contribution < -0.4 is 16.0 Å². The third kappa shape index (κ3) is 4.82. The first-order valence-corrected chi connectivity index (χ1v) is 8.74. The standard InChI is InChI=1S/C21H23N5O/c1-13-6-5-7-14(2)21(13)26-20-12-19(22-15(3)23-20)25-18-10-8-17(9-11-18)24-16(4)27/h5-12H,1-4H3,(H,24,27)(H2,22,23,25,26). The highest BCUT2D eigenvalue weighted by Gasteiger charge is 2.07. The molecule has 3 rings (SSSR count). The summed E-state index contributed by atoms with van der Waals surface area (Å²) in [5.74, 6) is 2.01. The van der Waals surface area contributed by atoms with Gasteiger partial charge in [-0.15, -0.1) is 0 Å². The predicted octanol–water partition coefficient (Wildman–Crippen LogP) is 4.85. The van der Waals surface area contributed by atoms with Gasteiger partial charge in [0.15, 0.2) is 0 Å².